The van der Waals surface area contributed by atoms with Gasteiger partial charge in [-0.25, -0.2) is 0 Å². The van der Waals surface area contributed by atoms with E-state index in [9.17, 15) is 0 Å². The molecule has 0 saturated heterocycles. The van der Waals surface area contributed by atoms with Gasteiger partial charge in [0.15, 0.2) is 0 Å². The van der Waals surface area contributed by atoms with Gasteiger partial charge in [0, 0.05) is 11.5 Å². The van der Waals surface area contributed by atoms with E-state index in [4.69, 9.17) is 11.2 Å². The van der Waals surface area contributed by atoms with Crippen molar-refractivity contribution in [1.82, 2.24) is 0 Å². The van der Waals surface area contributed by atoms with Crippen molar-refractivity contribution in [2.24, 2.45) is 5.92 Å². The summed E-state index contributed by atoms with van der Waals surface area (Å²) < 4.78 is 5.73. The molecule has 0 aromatic heterocycles. The largest absolute Gasteiger partial charge is 0.493 e. The number of terminal acetylenes is 1. The molecular weight excluding hydrogens is 196 g/mol. The topological polar surface area (TPSA) is 9.23 Å². The molecule has 0 radical (unpaired) electrons. The molecule has 0 aliphatic carbocycles. The van der Waals surface area contributed by atoms with Gasteiger partial charge in [-0.15, -0.1) is 6.42 Å². The molecule has 16 heavy (non-hydrogen) atoms. The lowest BCUT2D eigenvalue weighted by atomic mass is 9.81. The summed E-state index contributed by atoms with van der Waals surface area (Å²) in [6, 6.07) is 6.17. The molecular formula is C15H16O. The first-order chi connectivity index (χ1) is 7.63. The molecule has 1 heteroatoms. The predicted molar refractivity (Wildman–Crippen MR) is 66.6 cm³/mol. The van der Waals surface area contributed by atoms with Gasteiger partial charge in [-0.2, -0.15) is 0 Å². The van der Waals surface area contributed by atoms with E-state index in [-0.39, 0.29) is 11.8 Å². The van der Waals surface area contributed by atoms with Gasteiger partial charge in [-0.3, -0.25) is 0 Å². The zero-order chi connectivity index (χ0) is 11.7. The fraction of sp³-hybridized carbons (Fsp3) is 0.333. The molecule has 0 bridgehead atoms. The fourth-order valence-electron chi connectivity index (χ4n) is 2.17. The maximum Gasteiger partial charge on any atom is 0.123 e. The Morgan fingerprint density at radius 3 is 2.94 bits per heavy atom. The van der Waals surface area contributed by atoms with E-state index in [1.54, 1.807) is 0 Å². The van der Waals surface area contributed by atoms with E-state index < -0.39 is 0 Å². The molecule has 2 atom stereocenters. The third kappa shape index (κ3) is 1.72. The minimum Gasteiger partial charge on any atom is -0.493 e. The molecule has 1 aliphatic heterocycles. The van der Waals surface area contributed by atoms with Gasteiger partial charge in [0.05, 0.1) is 12.5 Å². The van der Waals surface area contributed by atoms with Crippen LogP contribution >= 0.6 is 0 Å². The lowest BCUT2D eigenvalue weighted by Gasteiger charge is -2.31. The van der Waals surface area contributed by atoms with Crippen molar-refractivity contribution in [2.45, 2.75) is 19.8 Å². The van der Waals surface area contributed by atoms with Crippen LogP contribution in [0.25, 0.3) is 0 Å². The van der Waals surface area contributed by atoms with Gasteiger partial charge < -0.3 is 4.74 Å². The molecule has 0 unspecified atom stereocenters. The van der Waals surface area contributed by atoms with E-state index in [0.717, 1.165) is 16.9 Å². The Balaban J connectivity index is 2.48. The molecule has 82 valence electrons. The summed E-state index contributed by atoms with van der Waals surface area (Å²) in [4.78, 5) is 0. The van der Waals surface area contributed by atoms with Crippen LogP contribution in [0.3, 0.4) is 0 Å². The van der Waals surface area contributed by atoms with Crippen molar-refractivity contribution in [3.8, 4) is 18.1 Å². The van der Waals surface area contributed by atoms with Crippen LogP contribution in [0.15, 0.2) is 30.4 Å². The second-order valence-electron chi connectivity index (χ2n) is 4.45. The summed E-state index contributed by atoms with van der Waals surface area (Å²) in [5, 5.41) is 0. The number of rotatable bonds is 1. The highest BCUT2D eigenvalue weighted by Crippen LogP contribution is 2.39. The molecule has 1 aromatic carbocycles. The molecule has 0 spiro atoms. The number of hydrogen-bond donors (Lipinski definition) is 0. The third-order valence-electron chi connectivity index (χ3n) is 3.13. The van der Waals surface area contributed by atoms with Crippen LogP contribution in [0, 0.1) is 25.2 Å². The Morgan fingerprint density at radius 2 is 2.31 bits per heavy atom. The van der Waals surface area contributed by atoms with Gasteiger partial charge in [0.2, 0.25) is 0 Å². The molecule has 1 heterocycles. The summed E-state index contributed by atoms with van der Waals surface area (Å²) in [7, 11) is 0. The summed E-state index contributed by atoms with van der Waals surface area (Å²) in [5.74, 6) is 4.13. The monoisotopic (exact) mass is 212 g/mol. The van der Waals surface area contributed by atoms with E-state index in [1.165, 1.54) is 5.56 Å². The van der Waals surface area contributed by atoms with E-state index >= 15 is 0 Å². The lowest BCUT2D eigenvalue weighted by molar-refractivity contribution is 0.233. The number of fused-ring (bicyclic) bond motifs is 1. The van der Waals surface area contributed by atoms with Crippen molar-refractivity contribution < 1.29 is 4.74 Å². The van der Waals surface area contributed by atoms with Crippen molar-refractivity contribution in [1.29, 1.82) is 0 Å². The second kappa shape index (κ2) is 4.06. The Kier molecular flexibility index (Phi) is 2.75. The minimum atomic E-state index is 0.0983. The molecule has 0 fully saturated rings. The summed E-state index contributed by atoms with van der Waals surface area (Å²) in [6.45, 7) is 8.72. The van der Waals surface area contributed by atoms with Crippen LogP contribution in [0.2, 0.25) is 0 Å². The van der Waals surface area contributed by atoms with Crippen LogP contribution in [0.1, 0.15) is 24.0 Å². The van der Waals surface area contributed by atoms with Crippen LogP contribution < -0.4 is 4.74 Å². The molecule has 0 saturated carbocycles. The highest BCUT2D eigenvalue weighted by atomic mass is 16.5. The minimum absolute atomic E-state index is 0.0983. The van der Waals surface area contributed by atoms with E-state index in [2.05, 4.69) is 25.5 Å². The fourth-order valence-corrected chi connectivity index (χ4v) is 2.17. The third-order valence-corrected chi connectivity index (χ3v) is 3.13. The van der Waals surface area contributed by atoms with Crippen molar-refractivity contribution >= 4 is 0 Å². The number of benzene rings is 1. The summed E-state index contributed by atoms with van der Waals surface area (Å²) in [6.07, 6.45) is 5.65. The molecule has 1 aliphatic rings. The van der Waals surface area contributed by atoms with Gasteiger partial charge in [0.1, 0.15) is 5.75 Å². The van der Waals surface area contributed by atoms with Gasteiger partial charge in [-0.1, -0.05) is 35.8 Å². The lowest BCUT2D eigenvalue weighted by Crippen LogP contribution is -2.25. The van der Waals surface area contributed by atoms with Crippen LogP contribution in [-0.4, -0.2) is 6.61 Å². The van der Waals surface area contributed by atoms with Crippen LogP contribution in [0.5, 0.6) is 5.75 Å². The maximum atomic E-state index is 5.73. The average Bonchev–Trinajstić information content (AvgIpc) is 2.27. The van der Waals surface area contributed by atoms with Crippen molar-refractivity contribution in [3.05, 3.63) is 41.5 Å². The smallest absolute Gasteiger partial charge is 0.123 e. The Bertz CT molecular complexity index is 465. The first-order valence-corrected chi connectivity index (χ1v) is 5.48. The molecule has 2 rings (SSSR count). The number of aryl methyl sites for hydroxylation is 1. The Hall–Kier alpha value is -1.68. The van der Waals surface area contributed by atoms with Crippen molar-refractivity contribution in [3.63, 3.8) is 0 Å². The predicted octanol–water partition coefficient (Wildman–Crippen LogP) is 3.30. The Labute approximate surface area is 97.1 Å². The second-order valence-corrected chi connectivity index (χ2v) is 4.45. The molecule has 1 aromatic rings. The molecule has 1 nitrogen and oxygen atoms in total. The zero-order valence-corrected chi connectivity index (χ0v) is 9.79. The van der Waals surface area contributed by atoms with E-state index in [0.29, 0.717) is 6.61 Å². The number of hydrogen-bond acceptors (Lipinski definition) is 1. The van der Waals surface area contributed by atoms with E-state index in [1.807, 2.05) is 19.1 Å². The standard InChI is InChI=1S/C15H16O/c1-5-12-13-8-11(4)6-7-15(13)16-9-14(12)10(2)3/h1,6-8,12,14H,2,9H2,3-4H3/t12-,14+/m1/s1. The number of ether oxygens (including phenoxy) is 1. The van der Waals surface area contributed by atoms with Crippen molar-refractivity contribution in [2.75, 3.05) is 6.61 Å². The zero-order valence-electron chi connectivity index (χ0n) is 9.79. The molecule has 0 amide bonds. The van der Waals surface area contributed by atoms with Gasteiger partial charge in [-0.05, 0) is 19.9 Å². The Morgan fingerprint density at radius 1 is 1.56 bits per heavy atom. The highest BCUT2D eigenvalue weighted by molar-refractivity contribution is 5.45. The normalized spacial score (nSPS) is 22.8. The maximum absolute atomic E-state index is 5.73. The van der Waals surface area contributed by atoms with Crippen LogP contribution in [-0.2, 0) is 0 Å². The van der Waals surface area contributed by atoms with Gasteiger partial charge >= 0.3 is 0 Å². The SMILES string of the molecule is C#C[C@@H]1c2cc(C)ccc2OC[C@H]1C(=C)C. The average molecular weight is 212 g/mol. The highest BCUT2D eigenvalue weighted by Gasteiger charge is 2.29. The van der Waals surface area contributed by atoms with Gasteiger partial charge in [0.25, 0.3) is 0 Å². The summed E-state index contributed by atoms with van der Waals surface area (Å²) >= 11 is 0. The molecule has 0 N–H and O–H groups in total. The first kappa shape index (κ1) is 10.8. The first-order valence-electron chi connectivity index (χ1n) is 5.48. The van der Waals surface area contributed by atoms with Crippen LogP contribution in [0.4, 0.5) is 0 Å². The quantitative estimate of drug-likeness (QED) is 0.512. The summed E-state index contributed by atoms with van der Waals surface area (Å²) in [5.41, 5.74) is 3.43.